The van der Waals surface area contributed by atoms with Crippen LogP contribution in [0.25, 0.3) is 21.7 Å². The van der Waals surface area contributed by atoms with Crippen molar-refractivity contribution in [2.75, 3.05) is 32.5 Å². The lowest BCUT2D eigenvalue weighted by molar-refractivity contribution is -0.895. The van der Waals surface area contributed by atoms with Crippen molar-refractivity contribution >= 4 is 45.0 Å². The van der Waals surface area contributed by atoms with Gasteiger partial charge in [0.2, 0.25) is 11.7 Å². The van der Waals surface area contributed by atoms with E-state index in [2.05, 4.69) is 22.6 Å². The Hall–Kier alpha value is -2.73. The van der Waals surface area contributed by atoms with E-state index in [-0.39, 0.29) is 23.3 Å². The smallest absolute Gasteiger partial charge is 0.268 e. The minimum absolute atomic E-state index is 0.0611. The maximum atomic E-state index is 13.8. The lowest BCUT2D eigenvalue weighted by Gasteiger charge is -2.19. The van der Waals surface area contributed by atoms with Crippen molar-refractivity contribution in [2.24, 2.45) is 0 Å². The number of aromatic nitrogens is 4. The summed E-state index contributed by atoms with van der Waals surface area (Å²) in [5, 5.41) is 13.2. The lowest BCUT2D eigenvalue weighted by Crippen LogP contribution is -3.08. The highest BCUT2D eigenvalue weighted by molar-refractivity contribution is 7.99. The monoisotopic (exact) mass is 511 g/mol. The number of hydrogen-bond donors (Lipinski definition) is 2. The molecule has 2 atom stereocenters. The van der Waals surface area contributed by atoms with Gasteiger partial charge in [0.05, 0.1) is 41.4 Å². The maximum Gasteiger partial charge on any atom is 0.268 e. The number of likely N-dealkylation sites (N-methyl/N-ethyl adjacent to an activating group) is 1. The van der Waals surface area contributed by atoms with Crippen molar-refractivity contribution in [3.63, 3.8) is 0 Å². The number of hydrogen-bond acceptors (Lipinski definition) is 7. The molecule has 6 rings (SSSR count). The van der Waals surface area contributed by atoms with E-state index < -0.39 is 0 Å². The predicted molar refractivity (Wildman–Crippen MR) is 136 cm³/mol. The molecule has 5 heterocycles. The number of para-hydroxylation sites is 1. The molecule has 2 aliphatic rings. The molecular formula is C24H27N6O3S2+. The molecule has 1 fully saturated rings. The van der Waals surface area contributed by atoms with Crippen LogP contribution in [0.3, 0.4) is 0 Å². The molecule has 3 aromatic heterocycles. The number of rotatable bonds is 6. The number of fused-ring (bicyclic) bond motifs is 5. The van der Waals surface area contributed by atoms with Gasteiger partial charge in [-0.3, -0.25) is 9.59 Å². The van der Waals surface area contributed by atoms with E-state index in [9.17, 15) is 9.59 Å². The number of benzene rings is 1. The number of carbonyl (C=O) groups is 1. The van der Waals surface area contributed by atoms with Gasteiger partial charge < -0.3 is 15.0 Å². The van der Waals surface area contributed by atoms with Gasteiger partial charge in [0.15, 0.2) is 5.16 Å². The van der Waals surface area contributed by atoms with Crippen LogP contribution < -0.4 is 15.8 Å². The van der Waals surface area contributed by atoms with Crippen molar-refractivity contribution in [3.8, 4) is 5.69 Å². The van der Waals surface area contributed by atoms with Crippen LogP contribution >= 0.6 is 23.1 Å². The third kappa shape index (κ3) is 4.16. The molecule has 0 aliphatic carbocycles. The molecule has 1 amide bonds. The van der Waals surface area contributed by atoms with E-state index in [0.29, 0.717) is 17.5 Å². The van der Waals surface area contributed by atoms with Gasteiger partial charge in [-0.25, -0.2) is 8.97 Å². The van der Waals surface area contributed by atoms with Crippen molar-refractivity contribution in [3.05, 3.63) is 51.1 Å². The first-order valence-corrected chi connectivity index (χ1v) is 13.7. The number of ether oxygens (including phenoxy) is 1. The van der Waals surface area contributed by atoms with Gasteiger partial charge in [-0.15, -0.1) is 21.5 Å². The van der Waals surface area contributed by atoms with Crippen LogP contribution in [0.4, 0.5) is 0 Å². The van der Waals surface area contributed by atoms with E-state index in [1.165, 1.54) is 21.5 Å². The van der Waals surface area contributed by atoms with Gasteiger partial charge in [-0.1, -0.05) is 30.0 Å². The molecule has 9 nitrogen and oxygen atoms in total. The van der Waals surface area contributed by atoms with E-state index in [1.54, 1.807) is 15.9 Å². The summed E-state index contributed by atoms with van der Waals surface area (Å²) in [6.07, 6.45) is 3.00. The summed E-state index contributed by atoms with van der Waals surface area (Å²) in [5.74, 6) is 0.623. The third-order valence-electron chi connectivity index (χ3n) is 6.67. The Morgan fingerprint density at radius 1 is 1.31 bits per heavy atom. The second-order valence-corrected chi connectivity index (χ2v) is 11.2. The molecule has 2 N–H and O–H groups in total. The molecule has 182 valence electrons. The fourth-order valence-electron chi connectivity index (χ4n) is 4.89. The Labute approximate surface area is 210 Å². The largest absolute Gasteiger partial charge is 0.376 e. The molecule has 0 spiro atoms. The Morgan fingerprint density at radius 2 is 2.17 bits per heavy atom. The number of nitrogens with one attached hydrogen (secondary N) is 2. The fraction of sp³-hybridized carbons (Fsp3) is 0.417. The first kappa shape index (κ1) is 22.7. The number of carbonyl (C=O) groups excluding carboxylic acids is 1. The van der Waals surface area contributed by atoms with Gasteiger partial charge in [0.25, 0.3) is 5.56 Å². The van der Waals surface area contributed by atoms with Crippen molar-refractivity contribution < 1.29 is 14.4 Å². The van der Waals surface area contributed by atoms with Crippen LogP contribution in [-0.2, 0) is 22.5 Å². The Balaban J connectivity index is 1.41. The summed E-state index contributed by atoms with van der Waals surface area (Å²) >= 11 is 2.99. The van der Waals surface area contributed by atoms with Gasteiger partial charge in [0.1, 0.15) is 11.4 Å². The van der Waals surface area contributed by atoms with Crippen molar-refractivity contribution in [1.82, 2.24) is 24.5 Å². The van der Waals surface area contributed by atoms with Gasteiger partial charge in [-0.2, -0.15) is 0 Å². The van der Waals surface area contributed by atoms with Gasteiger partial charge in [0, 0.05) is 19.6 Å². The molecular weight excluding hydrogens is 484 g/mol. The van der Waals surface area contributed by atoms with Crippen molar-refractivity contribution in [1.29, 1.82) is 0 Å². The third-order valence-corrected chi connectivity index (χ3v) is 8.82. The average molecular weight is 512 g/mol. The van der Waals surface area contributed by atoms with E-state index >= 15 is 0 Å². The molecule has 1 aromatic carbocycles. The second kappa shape index (κ2) is 9.38. The van der Waals surface area contributed by atoms with Crippen LogP contribution in [0.1, 0.15) is 23.3 Å². The molecule has 0 radical (unpaired) electrons. The summed E-state index contributed by atoms with van der Waals surface area (Å²) in [6, 6.07) is 9.56. The molecule has 35 heavy (non-hydrogen) atoms. The number of amides is 1. The molecule has 11 heteroatoms. The molecule has 1 unspecified atom stereocenters. The van der Waals surface area contributed by atoms with Crippen molar-refractivity contribution in [2.45, 2.75) is 37.1 Å². The Kier molecular flexibility index (Phi) is 6.09. The molecule has 2 aliphatic heterocycles. The molecule has 4 aromatic rings. The van der Waals surface area contributed by atoms with Gasteiger partial charge in [-0.05, 0) is 30.5 Å². The first-order valence-electron chi connectivity index (χ1n) is 11.9. The van der Waals surface area contributed by atoms with Crippen LogP contribution in [-0.4, -0.2) is 63.7 Å². The zero-order valence-electron chi connectivity index (χ0n) is 19.5. The first-order chi connectivity index (χ1) is 17.1. The SMILES string of the molecule is C[NH+]1CCc2c(sc3c2c(=O)n(-c2ccccc2)c2nnc(SCC(=O)NC[C@@H]4CCCO4)n32)C1. The predicted octanol–water partition coefficient (Wildman–Crippen LogP) is 1.05. The minimum Gasteiger partial charge on any atom is -0.376 e. The summed E-state index contributed by atoms with van der Waals surface area (Å²) in [4.78, 5) is 29.9. The Morgan fingerprint density at radius 3 is 2.97 bits per heavy atom. The summed E-state index contributed by atoms with van der Waals surface area (Å²) < 4.78 is 9.20. The minimum atomic E-state index is -0.0643. The molecule has 0 bridgehead atoms. The zero-order valence-corrected chi connectivity index (χ0v) is 21.1. The fourth-order valence-corrected chi connectivity index (χ4v) is 7.16. The highest BCUT2D eigenvalue weighted by atomic mass is 32.2. The quantitative estimate of drug-likeness (QED) is 0.376. The topological polar surface area (TPSA) is 95.0 Å². The van der Waals surface area contributed by atoms with Gasteiger partial charge >= 0.3 is 0 Å². The Bertz CT molecular complexity index is 1460. The normalized spacial score (nSPS) is 19.9. The average Bonchev–Trinajstić information content (AvgIpc) is 3.60. The van der Waals surface area contributed by atoms with Crippen LogP contribution in [0.5, 0.6) is 0 Å². The molecule has 0 saturated carbocycles. The van der Waals surface area contributed by atoms with E-state index in [4.69, 9.17) is 4.74 Å². The van der Waals surface area contributed by atoms with Crippen LogP contribution in [0.2, 0.25) is 0 Å². The number of thiophene rings is 1. The lowest BCUT2D eigenvalue weighted by atomic mass is 10.1. The van der Waals surface area contributed by atoms with Crippen LogP contribution in [0.15, 0.2) is 40.3 Å². The highest BCUT2D eigenvalue weighted by Crippen LogP contribution is 2.33. The highest BCUT2D eigenvalue weighted by Gasteiger charge is 2.28. The summed E-state index contributed by atoms with van der Waals surface area (Å²) in [6.45, 7) is 3.20. The number of quaternary nitrogens is 1. The van der Waals surface area contributed by atoms with E-state index in [1.807, 2.05) is 34.7 Å². The second-order valence-electron chi connectivity index (χ2n) is 9.14. The molecule has 1 saturated heterocycles. The zero-order chi connectivity index (χ0) is 23.9. The number of thioether (sulfide) groups is 1. The number of nitrogens with zero attached hydrogens (tertiary/aromatic N) is 4. The van der Waals surface area contributed by atoms with Crippen LogP contribution in [0, 0.1) is 0 Å². The maximum absolute atomic E-state index is 13.8. The summed E-state index contributed by atoms with van der Waals surface area (Å²) in [5.41, 5.74) is 1.83. The standard InChI is InChI=1S/C24H26N6O3S2/c1-28-10-9-17-18(13-28)35-22-20(17)21(32)29(15-6-3-2-4-7-15)23-26-27-24(30(22)23)34-14-19(31)25-12-16-8-5-11-33-16/h2-4,6-7,16H,5,8-14H2,1H3,(H,25,31)/p+1/t16-/m0/s1. The summed E-state index contributed by atoms with van der Waals surface area (Å²) in [7, 11) is 2.18. The van der Waals surface area contributed by atoms with E-state index in [0.717, 1.165) is 60.4 Å².